The number of benzene rings is 1. The van der Waals surface area contributed by atoms with Crippen LogP contribution in [-0.2, 0) is 12.7 Å². The van der Waals surface area contributed by atoms with Gasteiger partial charge in [0.25, 0.3) is 17.2 Å². The van der Waals surface area contributed by atoms with E-state index in [4.69, 9.17) is 9.47 Å². The molecule has 0 spiro atoms. The molecule has 148 valence electrons. The van der Waals surface area contributed by atoms with Crippen LogP contribution in [-0.4, -0.2) is 37.4 Å². The van der Waals surface area contributed by atoms with E-state index in [0.717, 1.165) is 10.1 Å². The van der Waals surface area contributed by atoms with E-state index in [9.17, 15) is 18.0 Å². The molecule has 3 aromatic heterocycles. The molecule has 0 unspecified atom stereocenters. The molecule has 29 heavy (non-hydrogen) atoms. The lowest BCUT2D eigenvalue weighted by Gasteiger charge is -2.19. The molecule has 0 fully saturated rings. The zero-order valence-corrected chi connectivity index (χ0v) is 14.7. The van der Waals surface area contributed by atoms with Crippen LogP contribution in [0.15, 0.2) is 41.5 Å². The van der Waals surface area contributed by atoms with Crippen molar-refractivity contribution in [3.8, 4) is 11.5 Å². The Morgan fingerprint density at radius 1 is 1.10 bits per heavy atom. The molecule has 0 atom stereocenters. The van der Waals surface area contributed by atoms with E-state index in [0.29, 0.717) is 24.7 Å². The minimum atomic E-state index is -4.70. The molecule has 0 bridgehead atoms. The van der Waals surface area contributed by atoms with Gasteiger partial charge in [0.15, 0.2) is 11.5 Å². The number of hydrogen-bond donors (Lipinski definition) is 0. The van der Waals surface area contributed by atoms with Crippen LogP contribution in [0.3, 0.4) is 0 Å². The molecule has 1 aromatic carbocycles. The van der Waals surface area contributed by atoms with Gasteiger partial charge in [-0.1, -0.05) is 6.07 Å². The summed E-state index contributed by atoms with van der Waals surface area (Å²) in [5.74, 6) is -0.288. The number of halogens is 3. The molecule has 0 saturated carbocycles. The van der Waals surface area contributed by atoms with Crippen molar-refractivity contribution in [2.24, 2.45) is 0 Å². The second kappa shape index (κ2) is 6.19. The SMILES string of the molecule is O=c1c2cnc3nc(C(F)(F)F)nn3c2ccn1Cc1ccc2c(c1)OCCO2. The first-order chi connectivity index (χ1) is 13.9. The van der Waals surface area contributed by atoms with Gasteiger partial charge >= 0.3 is 6.18 Å². The number of fused-ring (bicyclic) bond motifs is 4. The van der Waals surface area contributed by atoms with Crippen LogP contribution in [0.25, 0.3) is 16.7 Å². The molecule has 0 amide bonds. The highest BCUT2D eigenvalue weighted by Crippen LogP contribution is 2.31. The summed E-state index contributed by atoms with van der Waals surface area (Å²) in [6.45, 7) is 1.18. The van der Waals surface area contributed by atoms with Crippen molar-refractivity contribution >= 4 is 16.7 Å². The van der Waals surface area contributed by atoms with Crippen LogP contribution in [0.4, 0.5) is 13.2 Å². The fraction of sp³-hybridized carbons (Fsp3) is 0.222. The Labute approximate surface area is 160 Å². The Kier molecular flexibility index (Phi) is 3.73. The normalized spacial score (nSPS) is 13.9. The van der Waals surface area contributed by atoms with Crippen molar-refractivity contribution in [3.05, 3.63) is 58.4 Å². The highest BCUT2D eigenvalue weighted by atomic mass is 19.4. The maximum Gasteiger partial charge on any atom is 0.453 e. The molecule has 0 aliphatic carbocycles. The number of rotatable bonds is 2. The van der Waals surface area contributed by atoms with Gasteiger partial charge in [0.2, 0.25) is 0 Å². The van der Waals surface area contributed by atoms with Crippen LogP contribution in [0.5, 0.6) is 11.5 Å². The number of nitrogens with zero attached hydrogens (tertiary/aromatic N) is 5. The zero-order valence-electron chi connectivity index (χ0n) is 14.7. The maximum absolute atomic E-state index is 12.9. The van der Waals surface area contributed by atoms with E-state index >= 15 is 0 Å². The van der Waals surface area contributed by atoms with E-state index in [-0.39, 0.29) is 23.2 Å². The minimum absolute atomic E-state index is 0.135. The molecular weight excluding hydrogens is 391 g/mol. The molecule has 0 N–H and O–H groups in total. The Hall–Kier alpha value is -3.63. The average molecular weight is 403 g/mol. The summed E-state index contributed by atoms with van der Waals surface area (Å²) in [5.41, 5.74) is 0.599. The highest BCUT2D eigenvalue weighted by Gasteiger charge is 2.36. The Morgan fingerprint density at radius 2 is 1.90 bits per heavy atom. The van der Waals surface area contributed by atoms with Gasteiger partial charge in [0.05, 0.1) is 17.4 Å². The Balaban J connectivity index is 1.57. The fourth-order valence-corrected chi connectivity index (χ4v) is 3.19. The van der Waals surface area contributed by atoms with Gasteiger partial charge in [0, 0.05) is 12.4 Å². The van der Waals surface area contributed by atoms with E-state index in [1.54, 1.807) is 12.1 Å². The fourth-order valence-electron chi connectivity index (χ4n) is 3.19. The molecule has 0 saturated heterocycles. The first-order valence-electron chi connectivity index (χ1n) is 8.61. The molecule has 8 nitrogen and oxygen atoms in total. The van der Waals surface area contributed by atoms with Gasteiger partial charge in [-0.05, 0) is 23.8 Å². The monoisotopic (exact) mass is 403 g/mol. The van der Waals surface area contributed by atoms with Crippen molar-refractivity contribution in [1.82, 2.24) is 24.1 Å². The molecular formula is C18H12F3N5O3. The van der Waals surface area contributed by atoms with Crippen molar-refractivity contribution in [3.63, 3.8) is 0 Å². The van der Waals surface area contributed by atoms with Crippen LogP contribution in [0.2, 0.25) is 0 Å². The summed E-state index contributed by atoms with van der Waals surface area (Å²) in [6.07, 6.45) is -1.99. The smallest absolute Gasteiger partial charge is 0.453 e. The van der Waals surface area contributed by atoms with Crippen molar-refractivity contribution in [2.45, 2.75) is 12.7 Å². The van der Waals surface area contributed by atoms with Crippen molar-refractivity contribution < 1.29 is 22.6 Å². The zero-order chi connectivity index (χ0) is 20.2. The summed E-state index contributed by atoms with van der Waals surface area (Å²) in [5, 5.41) is 3.59. The number of pyridine rings is 1. The van der Waals surface area contributed by atoms with Gasteiger partial charge in [-0.25, -0.2) is 4.98 Å². The summed E-state index contributed by atoms with van der Waals surface area (Å²) < 4.78 is 52.0. The number of ether oxygens (including phenoxy) is 2. The van der Waals surface area contributed by atoms with E-state index in [2.05, 4.69) is 15.1 Å². The summed E-state index contributed by atoms with van der Waals surface area (Å²) in [6, 6.07) is 6.89. The van der Waals surface area contributed by atoms with Crippen molar-refractivity contribution in [2.75, 3.05) is 13.2 Å². The van der Waals surface area contributed by atoms with Gasteiger partial charge in [0.1, 0.15) is 13.2 Å². The molecule has 5 rings (SSSR count). The standard InChI is InChI=1S/C18H12F3N5O3/c19-18(20,21)16-23-17-22-8-11-12(26(17)24-16)3-4-25(15(11)27)9-10-1-2-13-14(7-10)29-6-5-28-13/h1-4,7-8H,5-6,9H2. The number of alkyl halides is 3. The van der Waals surface area contributed by atoms with E-state index in [1.165, 1.54) is 23.0 Å². The molecule has 4 heterocycles. The molecule has 11 heteroatoms. The second-order valence-corrected chi connectivity index (χ2v) is 6.43. The lowest BCUT2D eigenvalue weighted by molar-refractivity contribution is -0.144. The lowest BCUT2D eigenvalue weighted by atomic mass is 10.2. The van der Waals surface area contributed by atoms with Gasteiger partial charge in [-0.3, -0.25) is 4.79 Å². The van der Waals surface area contributed by atoms with E-state index < -0.39 is 17.6 Å². The summed E-state index contributed by atoms with van der Waals surface area (Å²) in [7, 11) is 0. The number of hydrogen-bond acceptors (Lipinski definition) is 6. The summed E-state index contributed by atoms with van der Waals surface area (Å²) in [4.78, 5) is 20.1. The second-order valence-electron chi connectivity index (χ2n) is 6.43. The molecule has 4 aromatic rings. The van der Waals surface area contributed by atoms with Crippen LogP contribution in [0, 0.1) is 0 Å². The first kappa shape index (κ1) is 17.5. The molecule has 1 aliphatic heterocycles. The predicted octanol–water partition coefficient (Wildman–Crippen LogP) is 2.28. The first-order valence-corrected chi connectivity index (χ1v) is 8.61. The van der Waals surface area contributed by atoms with Gasteiger partial charge in [-0.15, -0.1) is 5.10 Å². The minimum Gasteiger partial charge on any atom is -0.486 e. The third kappa shape index (κ3) is 2.94. The predicted molar refractivity (Wildman–Crippen MR) is 94.1 cm³/mol. The lowest BCUT2D eigenvalue weighted by Crippen LogP contribution is -2.21. The number of aromatic nitrogens is 5. The molecule has 0 radical (unpaired) electrons. The van der Waals surface area contributed by atoms with Crippen LogP contribution in [0.1, 0.15) is 11.4 Å². The third-order valence-electron chi connectivity index (χ3n) is 4.52. The van der Waals surface area contributed by atoms with Gasteiger partial charge < -0.3 is 14.0 Å². The topological polar surface area (TPSA) is 83.5 Å². The van der Waals surface area contributed by atoms with Crippen molar-refractivity contribution in [1.29, 1.82) is 0 Å². The molecule has 1 aliphatic rings. The quantitative estimate of drug-likeness (QED) is 0.511. The van der Waals surface area contributed by atoms with Crippen LogP contribution >= 0.6 is 0 Å². The maximum atomic E-state index is 12.9. The average Bonchev–Trinajstić information content (AvgIpc) is 3.15. The largest absolute Gasteiger partial charge is 0.486 e. The van der Waals surface area contributed by atoms with E-state index in [1.807, 2.05) is 6.07 Å². The van der Waals surface area contributed by atoms with Gasteiger partial charge in [-0.2, -0.15) is 22.7 Å². The highest BCUT2D eigenvalue weighted by molar-refractivity contribution is 5.78. The van der Waals surface area contributed by atoms with Crippen LogP contribution < -0.4 is 15.0 Å². The Morgan fingerprint density at radius 3 is 2.69 bits per heavy atom. The Bertz CT molecular complexity index is 1310. The summed E-state index contributed by atoms with van der Waals surface area (Å²) >= 11 is 0. The third-order valence-corrected chi connectivity index (χ3v) is 4.52.